The lowest BCUT2D eigenvalue weighted by atomic mass is 9.83. The van der Waals surface area contributed by atoms with Gasteiger partial charge in [-0.05, 0) is 74.1 Å². The molecule has 11 heteroatoms. The Balaban J connectivity index is 1.85. The molecule has 0 saturated heterocycles. The molecule has 6 N–H and O–H groups in total. The van der Waals surface area contributed by atoms with Crippen LogP contribution in [0.5, 0.6) is 0 Å². The number of nitrogens with one attached hydrogen (secondary N) is 2. The van der Waals surface area contributed by atoms with E-state index in [2.05, 4.69) is 16.9 Å². The number of nitrogens with zero attached hydrogens (tertiary/aromatic N) is 2. The Morgan fingerprint density at radius 3 is 2.36 bits per heavy atom. The molecular formula is C34H36N4O7. The van der Waals surface area contributed by atoms with Crippen molar-refractivity contribution in [1.29, 1.82) is 0 Å². The van der Waals surface area contributed by atoms with Gasteiger partial charge in [-0.1, -0.05) is 6.92 Å². The normalized spacial score (nSPS) is 19.5. The van der Waals surface area contributed by atoms with E-state index in [0.29, 0.717) is 55.0 Å². The first-order valence-electron chi connectivity index (χ1n) is 15.0. The zero-order chi connectivity index (χ0) is 32.3. The fraction of sp³-hybridized carbons (Fsp3) is 0.353. The number of aliphatic hydroxyl groups excluding tert-OH is 3. The number of aliphatic hydroxyl groups is 3. The molecule has 45 heavy (non-hydrogen) atoms. The summed E-state index contributed by atoms with van der Waals surface area (Å²) in [4.78, 5) is 41.7. The summed E-state index contributed by atoms with van der Waals surface area (Å²) in [6.45, 7) is 7.44. The highest BCUT2D eigenvalue weighted by Gasteiger charge is 2.42. The molecule has 1 aliphatic carbocycles. The van der Waals surface area contributed by atoms with Crippen molar-refractivity contribution in [3.63, 3.8) is 0 Å². The van der Waals surface area contributed by atoms with Crippen molar-refractivity contribution in [1.82, 2.24) is 19.9 Å². The number of aromatic nitrogens is 4. The second-order valence-electron chi connectivity index (χ2n) is 11.8. The lowest BCUT2D eigenvalue weighted by Crippen LogP contribution is -2.19. The summed E-state index contributed by atoms with van der Waals surface area (Å²) in [5.74, 6) is -4.23. The van der Waals surface area contributed by atoms with Crippen LogP contribution in [0.4, 0.5) is 0 Å². The van der Waals surface area contributed by atoms with Crippen LogP contribution in [0.15, 0.2) is 18.2 Å². The van der Waals surface area contributed by atoms with Gasteiger partial charge in [0, 0.05) is 51.0 Å². The Kier molecular flexibility index (Phi) is 7.52. The van der Waals surface area contributed by atoms with E-state index in [1.54, 1.807) is 6.07 Å². The first kappa shape index (κ1) is 30.1. The third kappa shape index (κ3) is 4.61. The number of hydrogen-bond acceptors (Lipinski definition) is 8. The molecule has 3 atom stereocenters. The maximum absolute atomic E-state index is 13.2. The number of fused-ring (bicyclic) bond motifs is 8. The second-order valence-corrected chi connectivity index (χ2v) is 11.8. The van der Waals surface area contributed by atoms with Crippen LogP contribution in [0.25, 0.3) is 45.2 Å². The van der Waals surface area contributed by atoms with Gasteiger partial charge in [0.15, 0.2) is 0 Å². The molecule has 5 heterocycles. The monoisotopic (exact) mass is 612 g/mol. The number of carboxylic acid groups (broad SMARTS) is 1. The smallest absolute Gasteiger partial charge is 0.321 e. The standard InChI is InChI=1S/C34H36N4O7/c1-6-17-14(2)21-9-25-19(12-39)15(3)22(36-25)10-26-20(13-40)18(7-8-27(41)42)31(38-26)29-30(34(44)45-5)33(43)28-16(4)23(37-32(28)29)11-24(17)35-21/h9-12,18,20,30,36-37,39-40,43H,6-8,13H2,1-5H3,(H,41,42)/t18-,20-,30+/m0/s1. The van der Waals surface area contributed by atoms with Gasteiger partial charge in [0.05, 0.1) is 48.1 Å². The highest BCUT2D eigenvalue weighted by molar-refractivity contribution is 5.97. The van der Waals surface area contributed by atoms with E-state index in [0.717, 1.165) is 40.8 Å². The first-order chi connectivity index (χ1) is 21.5. The van der Waals surface area contributed by atoms with E-state index in [4.69, 9.17) is 14.7 Å². The summed E-state index contributed by atoms with van der Waals surface area (Å²) in [6, 6.07) is 5.60. The predicted molar refractivity (Wildman–Crippen MR) is 170 cm³/mol. The highest BCUT2D eigenvalue weighted by Crippen LogP contribution is 2.46. The van der Waals surface area contributed by atoms with Crippen LogP contribution < -0.4 is 10.4 Å². The molecule has 234 valence electrons. The minimum absolute atomic E-state index is 0.139. The number of esters is 1. The number of aryl methyl sites for hydroxylation is 2. The second kappa shape index (κ2) is 11.2. The van der Waals surface area contributed by atoms with Crippen molar-refractivity contribution in [2.45, 2.75) is 64.7 Å². The molecule has 6 rings (SSSR count). The maximum Gasteiger partial charge on any atom is 0.321 e. The Bertz CT molecular complexity index is 2100. The van der Waals surface area contributed by atoms with Crippen molar-refractivity contribution >= 4 is 57.2 Å². The molecule has 0 saturated carbocycles. The van der Waals surface area contributed by atoms with Crippen molar-refractivity contribution in [3.8, 4) is 0 Å². The number of carbonyl (C=O) groups excluding carboxylic acids is 1. The topological polar surface area (TPSA) is 182 Å². The van der Waals surface area contributed by atoms with Crippen LogP contribution >= 0.6 is 0 Å². The van der Waals surface area contributed by atoms with Gasteiger partial charge in [0.1, 0.15) is 11.7 Å². The van der Waals surface area contributed by atoms with E-state index in [9.17, 15) is 30.0 Å². The zero-order valence-corrected chi connectivity index (χ0v) is 25.8. The minimum Gasteiger partial charge on any atom is -0.515 e. The average molecular weight is 613 g/mol. The lowest BCUT2D eigenvalue weighted by molar-refractivity contribution is -0.141. The van der Waals surface area contributed by atoms with Gasteiger partial charge in [-0.15, -0.1) is 0 Å². The van der Waals surface area contributed by atoms with E-state index >= 15 is 0 Å². The number of aromatic amines is 2. The van der Waals surface area contributed by atoms with Crippen LogP contribution in [0.2, 0.25) is 0 Å². The van der Waals surface area contributed by atoms with Crippen LogP contribution in [0, 0.1) is 13.8 Å². The molecule has 2 aliphatic heterocycles. The Morgan fingerprint density at radius 2 is 1.71 bits per heavy atom. The highest BCUT2D eigenvalue weighted by atomic mass is 16.5. The van der Waals surface area contributed by atoms with Gasteiger partial charge in [-0.2, -0.15) is 0 Å². The summed E-state index contributed by atoms with van der Waals surface area (Å²) >= 11 is 0. The summed E-state index contributed by atoms with van der Waals surface area (Å²) in [5, 5.41) is 43.1. The zero-order valence-electron chi connectivity index (χ0n) is 25.8. The number of carbonyl (C=O) groups is 2. The van der Waals surface area contributed by atoms with E-state index < -0.39 is 29.7 Å². The SMILES string of the molecule is CCC1=C(C)c2cc3[nH]c(cc4nc(c5c6[nH]c(cc1n2)c(C)c6=C(O)[C@@H]5C(=O)OC)[C@@H](CCC(=O)O)[C@@H]4CO)c(C)c3=CO. The third-order valence-corrected chi connectivity index (χ3v) is 9.51. The van der Waals surface area contributed by atoms with E-state index in [1.165, 1.54) is 7.11 Å². The van der Waals surface area contributed by atoms with Gasteiger partial charge in [-0.3, -0.25) is 14.6 Å². The number of hydrogen-bond donors (Lipinski definition) is 6. The minimum atomic E-state index is -1.19. The molecule has 0 radical (unpaired) electrons. The molecule has 8 bridgehead atoms. The van der Waals surface area contributed by atoms with Crippen LogP contribution in [-0.2, 0) is 14.3 Å². The molecule has 11 nitrogen and oxygen atoms in total. The van der Waals surface area contributed by atoms with Crippen LogP contribution in [0.3, 0.4) is 0 Å². The predicted octanol–water partition coefficient (Wildman–Crippen LogP) is 4.23. The Morgan fingerprint density at radius 1 is 1.00 bits per heavy atom. The number of H-pyrrole nitrogens is 2. The lowest BCUT2D eigenvalue weighted by Gasteiger charge is -2.20. The quantitative estimate of drug-likeness (QED) is 0.222. The van der Waals surface area contributed by atoms with Gasteiger partial charge in [-0.25, -0.2) is 4.98 Å². The number of ether oxygens (including phenoxy) is 1. The average Bonchev–Trinajstić information content (AvgIpc) is 3.76. The van der Waals surface area contributed by atoms with Gasteiger partial charge in [0.25, 0.3) is 0 Å². The Hall–Kier alpha value is -4.90. The summed E-state index contributed by atoms with van der Waals surface area (Å²) in [5.41, 5.74) is 8.75. The van der Waals surface area contributed by atoms with Crippen LogP contribution in [-0.4, -0.2) is 66.0 Å². The Labute approximate surface area is 258 Å². The first-order valence-corrected chi connectivity index (χ1v) is 15.0. The molecule has 0 spiro atoms. The maximum atomic E-state index is 13.2. The van der Waals surface area contributed by atoms with E-state index in [1.807, 2.05) is 32.9 Å². The molecule has 3 aromatic rings. The fourth-order valence-electron chi connectivity index (χ4n) is 7.10. The summed E-state index contributed by atoms with van der Waals surface area (Å²) in [6.07, 6.45) is 1.72. The molecule has 0 fully saturated rings. The number of rotatable bonds is 6. The largest absolute Gasteiger partial charge is 0.515 e. The molecule has 0 aromatic carbocycles. The number of carboxylic acids is 1. The van der Waals surface area contributed by atoms with Crippen molar-refractivity contribution in [3.05, 3.63) is 68.1 Å². The number of allylic oxidation sites excluding steroid dienone is 2. The molecule has 0 unspecified atom stereocenters. The van der Waals surface area contributed by atoms with Crippen LogP contribution in [0.1, 0.15) is 90.3 Å². The van der Waals surface area contributed by atoms with Gasteiger partial charge < -0.3 is 35.1 Å². The number of methoxy groups -OCH3 is 1. The number of aliphatic carboxylic acids is 1. The van der Waals surface area contributed by atoms with Crippen molar-refractivity contribution in [2.75, 3.05) is 13.7 Å². The molecule has 3 aliphatic rings. The van der Waals surface area contributed by atoms with Gasteiger partial charge >= 0.3 is 11.9 Å². The molecule has 0 amide bonds. The fourth-order valence-corrected chi connectivity index (χ4v) is 7.10. The molecule has 3 aromatic heterocycles. The van der Waals surface area contributed by atoms with Crippen molar-refractivity contribution < 1.29 is 34.8 Å². The molecular weight excluding hydrogens is 576 g/mol. The van der Waals surface area contributed by atoms with E-state index in [-0.39, 0.29) is 25.2 Å². The third-order valence-electron chi connectivity index (χ3n) is 9.51. The summed E-state index contributed by atoms with van der Waals surface area (Å²) in [7, 11) is 1.25. The van der Waals surface area contributed by atoms with Crippen molar-refractivity contribution in [2.24, 2.45) is 0 Å². The van der Waals surface area contributed by atoms with Gasteiger partial charge in [0.2, 0.25) is 0 Å². The summed E-state index contributed by atoms with van der Waals surface area (Å²) < 4.78 is 5.13.